The van der Waals surface area contributed by atoms with Gasteiger partial charge in [-0.15, -0.1) is 0 Å². The lowest BCUT2D eigenvalue weighted by molar-refractivity contribution is 0.194. The van der Waals surface area contributed by atoms with Gasteiger partial charge in [0.05, 0.1) is 0 Å². The summed E-state index contributed by atoms with van der Waals surface area (Å²) in [5.41, 5.74) is 5.34. The van der Waals surface area contributed by atoms with Crippen LogP contribution in [0.15, 0.2) is 0 Å². The van der Waals surface area contributed by atoms with E-state index in [1.165, 1.54) is 6.42 Å². The van der Waals surface area contributed by atoms with Crippen LogP contribution in [0.25, 0.3) is 0 Å². The van der Waals surface area contributed by atoms with Gasteiger partial charge in [0.2, 0.25) is 0 Å². The molecule has 0 rings (SSSR count). The predicted molar refractivity (Wildman–Crippen MR) is 47.7 cm³/mol. The highest BCUT2D eigenvalue weighted by atomic mass is 16.5. The van der Waals surface area contributed by atoms with Crippen molar-refractivity contribution in [2.24, 2.45) is 5.73 Å². The zero-order valence-electron chi connectivity index (χ0n) is 7.44. The highest BCUT2D eigenvalue weighted by molar-refractivity contribution is 4.48. The fourth-order valence-electron chi connectivity index (χ4n) is 0.861. The lowest BCUT2D eigenvalue weighted by atomic mass is 10.3. The highest BCUT2D eigenvalue weighted by Crippen LogP contribution is 1.83. The zero-order chi connectivity index (χ0) is 8.36. The predicted octanol–water partition coefficient (Wildman–Crippen LogP) is 0.351. The fourth-order valence-corrected chi connectivity index (χ4v) is 0.861. The van der Waals surface area contributed by atoms with E-state index in [2.05, 4.69) is 5.32 Å². The van der Waals surface area contributed by atoms with Gasteiger partial charge in [0.1, 0.15) is 0 Å². The molecule has 3 N–H and O–H groups in total. The fraction of sp³-hybridized carbons (Fsp3) is 1.00. The van der Waals surface area contributed by atoms with E-state index >= 15 is 0 Å². The third-order valence-electron chi connectivity index (χ3n) is 1.51. The van der Waals surface area contributed by atoms with Crippen LogP contribution in [0.4, 0.5) is 0 Å². The minimum Gasteiger partial charge on any atom is -0.385 e. The number of ether oxygens (including phenoxy) is 1. The van der Waals surface area contributed by atoms with E-state index in [0.29, 0.717) is 0 Å². The van der Waals surface area contributed by atoms with E-state index in [1.54, 1.807) is 7.11 Å². The summed E-state index contributed by atoms with van der Waals surface area (Å²) in [5, 5.41) is 3.32. The second-order valence-electron chi connectivity index (χ2n) is 2.59. The van der Waals surface area contributed by atoms with Crippen molar-refractivity contribution < 1.29 is 4.74 Å². The summed E-state index contributed by atoms with van der Waals surface area (Å²) in [6, 6.07) is 0. The number of rotatable bonds is 8. The van der Waals surface area contributed by atoms with Crippen molar-refractivity contribution in [3.63, 3.8) is 0 Å². The Morgan fingerprint density at radius 1 is 1.18 bits per heavy atom. The Kier molecular flexibility index (Phi) is 9.77. The maximum absolute atomic E-state index is 5.34. The molecule has 0 amide bonds. The van der Waals surface area contributed by atoms with E-state index in [4.69, 9.17) is 10.5 Å². The molecule has 0 saturated carbocycles. The third kappa shape index (κ3) is 9.88. The zero-order valence-corrected chi connectivity index (χ0v) is 7.44. The van der Waals surface area contributed by atoms with Crippen LogP contribution < -0.4 is 11.1 Å². The lowest BCUT2D eigenvalue weighted by Gasteiger charge is -2.02. The Bertz CT molecular complexity index is 61.1. The Morgan fingerprint density at radius 2 is 1.91 bits per heavy atom. The summed E-state index contributed by atoms with van der Waals surface area (Å²) in [4.78, 5) is 0. The number of nitrogens with one attached hydrogen (secondary N) is 1. The molecule has 0 atom stereocenters. The molecule has 0 unspecified atom stereocenters. The number of methoxy groups -OCH3 is 1. The average molecular weight is 160 g/mol. The largest absolute Gasteiger partial charge is 0.385 e. The third-order valence-corrected chi connectivity index (χ3v) is 1.51. The van der Waals surface area contributed by atoms with Gasteiger partial charge in [-0.1, -0.05) is 0 Å². The maximum atomic E-state index is 5.34. The molecular weight excluding hydrogens is 140 g/mol. The molecule has 0 aliphatic rings. The topological polar surface area (TPSA) is 47.3 Å². The number of unbranched alkanes of at least 4 members (excludes halogenated alkanes) is 1. The summed E-state index contributed by atoms with van der Waals surface area (Å²) in [5.74, 6) is 0. The molecule has 0 aromatic carbocycles. The summed E-state index contributed by atoms with van der Waals surface area (Å²) in [6.45, 7) is 3.79. The first kappa shape index (κ1) is 10.9. The molecule has 0 aliphatic heterocycles. The van der Waals surface area contributed by atoms with E-state index < -0.39 is 0 Å². The summed E-state index contributed by atoms with van der Waals surface area (Å²) in [7, 11) is 1.73. The Hall–Kier alpha value is -0.120. The molecule has 0 radical (unpaired) electrons. The van der Waals surface area contributed by atoms with Gasteiger partial charge in [-0.3, -0.25) is 0 Å². The summed E-state index contributed by atoms with van der Waals surface area (Å²) >= 11 is 0. The van der Waals surface area contributed by atoms with E-state index in [9.17, 15) is 0 Å². The molecule has 11 heavy (non-hydrogen) atoms. The van der Waals surface area contributed by atoms with Gasteiger partial charge >= 0.3 is 0 Å². The SMILES string of the molecule is COCCCNCCCCN. The molecule has 0 spiro atoms. The monoisotopic (exact) mass is 160 g/mol. The molecule has 0 saturated heterocycles. The minimum absolute atomic E-state index is 0.805. The minimum atomic E-state index is 0.805. The standard InChI is InChI=1S/C8H20N2O/c1-11-8-4-7-10-6-3-2-5-9/h10H,2-9H2,1H3. The van der Waals surface area contributed by atoms with Crippen LogP contribution in [0.2, 0.25) is 0 Å². The van der Waals surface area contributed by atoms with Crippen molar-refractivity contribution >= 4 is 0 Å². The molecule has 3 nitrogen and oxygen atoms in total. The first-order valence-electron chi connectivity index (χ1n) is 4.31. The van der Waals surface area contributed by atoms with E-state index in [0.717, 1.165) is 39.1 Å². The van der Waals surface area contributed by atoms with E-state index in [-0.39, 0.29) is 0 Å². The van der Waals surface area contributed by atoms with Crippen LogP contribution in [0.5, 0.6) is 0 Å². The Labute approximate surface area is 69.3 Å². The van der Waals surface area contributed by atoms with Crippen molar-refractivity contribution in [1.29, 1.82) is 0 Å². The van der Waals surface area contributed by atoms with Gasteiger partial charge in [0, 0.05) is 13.7 Å². The molecule has 0 bridgehead atoms. The van der Waals surface area contributed by atoms with Crippen LogP contribution in [0.3, 0.4) is 0 Å². The van der Waals surface area contributed by atoms with Crippen LogP contribution in [0, 0.1) is 0 Å². The molecule has 0 aromatic rings. The smallest absolute Gasteiger partial charge is 0.0474 e. The van der Waals surface area contributed by atoms with Crippen molar-refractivity contribution in [2.45, 2.75) is 19.3 Å². The number of hydrogen-bond donors (Lipinski definition) is 2. The van der Waals surface area contributed by atoms with E-state index in [1.807, 2.05) is 0 Å². The first-order valence-corrected chi connectivity index (χ1v) is 4.31. The quantitative estimate of drug-likeness (QED) is 0.504. The maximum Gasteiger partial charge on any atom is 0.0474 e. The molecule has 0 fully saturated rings. The van der Waals surface area contributed by atoms with Gasteiger partial charge in [0.15, 0.2) is 0 Å². The Morgan fingerprint density at radius 3 is 2.55 bits per heavy atom. The first-order chi connectivity index (χ1) is 5.41. The van der Waals surface area contributed by atoms with Crippen LogP contribution >= 0.6 is 0 Å². The molecular formula is C8H20N2O. The highest BCUT2D eigenvalue weighted by Gasteiger charge is 1.87. The van der Waals surface area contributed by atoms with Crippen LogP contribution in [-0.4, -0.2) is 33.4 Å². The summed E-state index contributed by atoms with van der Waals surface area (Å²) < 4.78 is 4.91. The second kappa shape index (κ2) is 9.88. The summed E-state index contributed by atoms with van der Waals surface area (Å²) in [6.07, 6.45) is 3.40. The normalized spacial score (nSPS) is 10.4. The van der Waals surface area contributed by atoms with Crippen LogP contribution in [-0.2, 0) is 4.74 Å². The van der Waals surface area contributed by atoms with Gasteiger partial charge in [0.25, 0.3) is 0 Å². The van der Waals surface area contributed by atoms with Crippen molar-refractivity contribution in [3.05, 3.63) is 0 Å². The second-order valence-corrected chi connectivity index (χ2v) is 2.59. The van der Waals surface area contributed by atoms with Gasteiger partial charge in [-0.25, -0.2) is 0 Å². The molecule has 68 valence electrons. The molecule has 0 heterocycles. The molecule has 0 aliphatic carbocycles. The number of hydrogen-bond acceptors (Lipinski definition) is 3. The average Bonchev–Trinajstić information content (AvgIpc) is 2.03. The van der Waals surface area contributed by atoms with Gasteiger partial charge in [-0.05, 0) is 38.9 Å². The van der Waals surface area contributed by atoms with Crippen molar-refractivity contribution in [2.75, 3.05) is 33.4 Å². The van der Waals surface area contributed by atoms with Crippen LogP contribution in [0.1, 0.15) is 19.3 Å². The van der Waals surface area contributed by atoms with Gasteiger partial charge in [-0.2, -0.15) is 0 Å². The van der Waals surface area contributed by atoms with Gasteiger partial charge < -0.3 is 15.8 Å². The van der Waals surface area contributed by atoms with Crippen molar-refractivity contribution in [3.8, 4) is 0 Å². The Balaban J connectivity index is 2.69. The van der Waals surface area contributed by atoms with Crippen molar-refractivity contribution in [1.82, 2.24) is 5.32 Å². The molecule has 0 aromatic heterocycles. The molecule has 3 heteroatoms. The number of nitrogens with two attached hydrogens (primary N) is 1. The lowest BCUT2D eigenvalue weighted by Crippen LogP contribution is -2.18.